The summed E-state index contributed by atoms with van der Waals surface area (Å²) in [5.74, 6) is 0. The van der Waals surface area contributed by atoms with Crippen LogP contribution in [0, 0.1) is 0 Å². The van der Waals surface area contributed by atoms with Gasteiger partial charge in [0.25, 0.3) is 0 Å². The molecule has 0 fully saturated rings. The van der Waals surface area contributed by atoms with Crippen molar-refractivity contribution in [3.8, 4) is 0 Å². The number of pyridine rings is 1. The van der Waals surface area contributed by atoms with E-state index in [9.17, 15) is 0 Å². The largest absolute Gasteiger partial charge is 0.394 e. The molecule has 0 saturated heterocycles. The zero-order valence-electron chi connectivity index (χ0n) is 7.72. The van der Waals surface area contributed by atoms with Crippen LogP contribution in [0.2, 0.25) is 0 Å². The van der Waals surface area contributed by atoms with Crippen molar-refractivity contribution >= 4 is 10.8 Å². The number of benzene rings is 1. The summed E-state index contributed by atoms with van der Waals surface area (Å²) >= 11 is 0. The van der Waals surface area contributed by atoms with Crippen molar-refractivity contribution in [2.45, 2.75) is 6.04 Å². The van der Waals surface area contributed by atoms with E-state index in [-0.39, 0.29) is 6.61 Å². The molecule has 1 heterocycles. The monoisotopic (exact) mass is 188 g/mol. The van der Waals surface area contributed by atoms with E-state index in [1.807, 2.05) is 30.3 Å². The van der Waals surface area contributed by atoms with Crippen molar-refractivity contribution in [3.05, 3.63) is 42.2 Å². The van der Waals surface area contributed by atoms with E-state index >= 15 is 0 Å². The van der Waals surface area contributed by atoms with Crippen LogP contribution in [0.15, 0.2) is 36.5 Å². The molecule has 2 rings (SSSR count). The number of nitrogens with two attached hydrogens (primary N) is 1. The molecule has 0 unspecified atom stereocenters. The first kappa shape index (κ1) is 9.12. The van der Waals surface area contributed by atoms with Gasteiger partial charge in [-0.15, -0.1) is 0 Å². The SMILES string of the molecule is N[C@H](CO)c1nccc2ccccc12. The Morgan fingerprint density at radius 1 is 1.29 bits per heavy atom. The number of hydrogen-bond donors (Lipinski definition) is 2. The third-order valence-corrected chi connectivity index (χ3v) is 2.25. The fraction of sp³-hybridized carbons (Fsp3) is 0.182. The third kappa shape index (κ3) is 1.47. The molecule has 72 valence electrons. The van der Waals surface area contributed by atoms with Gasteiger partial charge in [-0.05, 0) is 11.5 Å². The smallest absolute Gasteiger partial charge is 0.0711 e. The molecule has 2 aromatic rings. The normalized spacial score (nSPS) is 13.0. The van der Waals surface area contributed by atoms with Gasteiger partial charge >= 0.3 is 0 Å². The predicted octanol–water partition coefficient (Wildman–Crippen LogP) is 1.23. The van der Waals surface area contributed by atoms with Crippen LogP contribution in [0.1, 0.15) is 11.7 Å². The topological polar surface area (TPSA) is 59.1 Å². The van der Waals surface area contributed by atoms with Gasteiger partial charge < -0.3 is 10.8 Å². The standard InChI is InChI=1S/C11H12N2O/c12-10(7-14)11-9-4-2-1-3-8(9)5-6-13-11/h1-6,10,14H,7,12H2/t10-/m1/s1. The molecule has 0 bridgehead atoms. The molecular formula is C11H12N2O. The molecule has 0 saturated carbocycles. The highest BCUT2D eigenvalue weighted by molar-refractivity contribution is 5.84. The Labute approximate surface area is 82.2 Å². The Morgan fingerprint density at radius 3 is 2.86 bits per heavy atom. The summed E-state index contributed by atoms with van der Waals surface area (Å²) in [7, 11) is 0. The lowest BCUT2D eigenvalue weighted by atomic mass is 10.1. The lowest BCUT2D eigenvalue weighted by Gasteiger charge is -2.10. The van der Waals surface area contributed by atoms with Crippen LogP contribution < -0.4 is 5.73 Å². The van der Waals surface area contributed by atoms with E-state index < -0.39 is 6.04 Å². The second-order valence-corrected chi connectivity index (χ2v) is 3.21. The summed E-state index contributed by atoms with van der Waals surface area (Å²) in [5.41, 5.74) is 6.50. The number of rotatable bonds is 2. The minimum Gasteiger partial charge on any atom is -0.394 e. The number of nitrogens with zero attached hydrogens (tertiary/aromatic N) is 1. The zero-order chi connectivity index (χ0) is 9.97. The quantitative estimate of drug-likeness (QED) is 0.745. The van der Waals surface area contributed by atoms with Crippen molar-refractivity contribution in [1.29, 1.82) is 0 Å². The average Bonchev–Trinajstić information content (AvgIpc) is 2.27. The highest BCUT2D eigenvalue weighted by atomic mass is 16.3. The van der Waals surface area contributed by atoms with Gasteiger partial charge in [0.05, 0.1) is 18.3 Å². The van der Waals surface area contributed by atoms with Gasteiger partial charge in [0.2, 0.25) is 0 Å². The van der Waals surface area contributed by atoms with Crippen LogP contribution in [0.25, 0.3) is 10.8 Å². The summed E-state index contributed by atoms with van der Waals surface area (Å²) in [6.45, 7) is -0.0823. The Bertz CT molecular complexity index is 437. The van der Waals surface area contributed by atoms with Crippen molar-refractivity contribution in [2.75, 3.05) is 6.61 Å². The molecule has 3 nitrogen and oxygen atoms in total. The molecule has 0 spiro atoms. The number of aromatic nitrogens is 1. The lowest BCUT2D eigenvalue weighted by Crippen LogP contribution is -2.16. The molecule has 1 aromatic carbocycles. The summed E-state index contributed by atoms with van der Waals surface area (Å²) in [4.78, 5) is 4.19. The molecule has 3 N–H and O–H groups in total. The van der Waals surface area contributed by atoms with Gasteiger partial charge in [0.1, 0.15) is 0 Å². The molecule has 0 amide bonds. The second-order valence-electron chi connectivity index (χ2n) is 3.21. The van der Waals surface area contributed by atoms with Gasteiger partial charge in [0, 0.05) is 11.6 Å². The van der Waals surface area contributed by atoms with Crippen LogP contribution >= 0.6 is 0 Å². The Morgan fingerprint density at radius 2 is 2.07 bits per heavy atom. The van der Waals surface area contributed by atoms with Crippen LogP contribution in [-0.2, 0) is 0 Å². The first-order valence-corrected chi connectivity index (χ1v) is 4.53. The van der Waals surface area contributed by atoms with Gasteiger partial charge in [0.15, 0.2) is 0 Å². The van der Waals surface area contributed by atoms with Crippen molar-refractivity contribution in [2.24, 2.45) is 5.73 Å². The Hall–Kier alpha value is -1.45. The minimum atomic E-state index is -0.402. The molecule has 3 heteroatoms. The van der Waals surface area contributed by atoms with Crippen LogP contribution in [0.3, 0.4) is 0 Å². The average molecular weight is 188 g/mol. The summed E-state index contributed by atoms with van der Waals surface area (Å²) in [5, 5.41) is 11.1. The highest BCUT2D eigenvalue weighted by Crippen LogP contribution is 2.20. The van der Waals surface area contributed by atoms with Gasteiger partial charge in [-0.3, -0.25) is 4.98 Å². The summed E-state index contributed by atoms with van der Waals surface area (Å²) in [6.07, 6.45) is 1.72. The van der Waals surface area contributed by atoms with Crippen LogP contribution in [0.4, 0.5) is 0 Å². The number of hydrogen-bond acceptors (Lipinski definition) is 3. The number of aliphatic hydroxyl groups excluding tert-OH is 1. The molecule has 0 aliphatic rings. The molecule has 1 atom stereocenters. The molecule has 0 radical (unpaired) electrons. The first-order chi connectivity index (χ1) is 6.83. The molecule has 0 aliphatic heterocycles. The molecule has 1 aromatic heterocycles. The van der Waals surface area contributed by atoms with E-state index in [0.717, 1.165) is 16.5 Å². The van der Waals surface area contributed by atoms with Crippen LogP contribution in [0.5, 0.6) is 0 Å². The minimum absolute atomic E-state index is 0.0823. The Kier molecular flexibility index (Phi) is 2.43. The molecule has 14 heavy (non-hydrogen) atoms. The second kappa shape index (κ2) is 3.74. The maximum Gasteiger partial charge on any atom is 0.0711 e. The third-order valence-electron chi connectivity index (χ3n) is 2.25. The maximum atomic E-state index is 8.98. The molecular weight excluding hydrogens is 176 g/mol. The number of fused-ring (bicyclic) bond motifs is 1. The fourth-order valence-corrected chi connectivity index (χ4v) is 1.52. The summed E-state index contributed by atoms with van der Waals surface area (Å²) < 4.78 is 0. The fourth-order valence-electron chi connectivity index (χ4n) is 1.52. The predicted molar refractivity (Wildman–Crippen MR) is 55.8 cm³/mol. The van der Waals surface area contributed by atoms with Gasteiger partial charge in [-0.1, -0.05) is 24.3 Å². The van der Waals surface area contributed by atoms with E-state index in [1.54, 1.807) is 6.20 Å². The Balaban J connectivity index is 2.65. The van der Waals surface area contributed by atoms with Gasteiger partial charge in [-0.25, -0.2) is 0 Å². The van der Waals surface area contributed by atoms with Crippen molar-refractivity contribution in [1.82, 2.24) is 4.98 Å². The number of aliphatic hydroxyl groups is 1. The first-order valence-electron chi connectivity index (χ1n) is 4.53. The van der Waals surface area contributed by atoms with E-state index in [1.165, 1.54) is 0 Å². The molecule has 0 aliphatic carbocycles. The summed E-state index contributed by atoms with van der Waals surface area (Å²) in [6, 6.07) is 9.41. The van der Waals surface area contributed by atoms with Crippen molar-refractivity contribution < 1.29 is 5.11 Å². The van der Waals surface area contributed by atoms with E-state index in [4.69, 9.17) is 10.8 Å². The van der Waals surface area contributed by atoms with Crippen LogP contribution in [-0.4, -0.2) is 16.7 Å². The van der Waals surface area contributed by atoms with E-state index in [2.05, 4.69) is 4.98 Å². The van der Waals surface area contributed by atoms with E-state index in [0.29, 0.717) is 0 Å². The lowest BCUT2D eigenvalue weighted by molar-refractivity contribution is 0.266. The van der Waals surface area contributed by atoms with Gasteiger partial charge in [-0.2, -0.15) is 0 Å². The van der Waals surface area contributed by atoms with Crippen molar-refractivity contribution in [3.63, 3.8) is 0 Å². The highest BCUT2D eigenvalue weighted by Gasteiger charge is 2.09. The maximum absolute atomic E-state index is 8.98. The zero-order valence-corrected chi connectivity index (χ0v) is 7.72.